The first-order chi connectivity index (χ1) is 10.9. The molecule has 0 radical (unpaired) electrons. The van der Waals surface area contributed by atoms with Crippen LogP contribution in [0.4, 0.5) is 13.6 Å². The Hall–Kier alpha value is -1.74. The van der Waals surface area contributed by atoms with Gasteiger partial charge in [0.2, 0.25) is 0 Å². The molecular weight excluding hydrogens is 344 g/mol. The van der Waals surface area contributed by atoms with E-state index in [0.717, 1.165) is 5.56 Å². The van der Waals surface area contributed by atoms with E-state index in [9.17, 15) is 22.0 Å². The highest BCUT2D eigenvalue weighted by atomic mass is 32.2. The van der Waals surface area contributed by atoms with Crippen LogP contribution in [0.5, 0.6) is 0 Å². The van der Waals surface area contributed by atoms with Crippen molar-refractivity contribution in [2.75, 3.05) is 6.54 Å². The van der Waals surface area contributed by atoms with E-state index in [1.165, 1.54) is 24.3 Å². The van der Waals surface area contributed by atoms with Gasteiger partial charge in [-0.25, -0.2) is 13.6 Å². The second-order valence-corrected chi connectivity index (χ2v) is 7.69. The smallest absolute Gasteiger partial charge is 0.407 e. The highest BCUT2D eigenvalue weighted by Gasteiger charge is 2.30. The van der Waals surface area contributed by atoms with Gasteiger partial charge in [-0.15, -0.1) is 0 Å². The van der Waals surface area contributed by atoms with Gasteiger partial charge in [-0.3, -0.25) is 4.18 Å². The topological polar surface area (TPSA) is 81.7 Å². The molecule has 0 heterocycles. The van der Waals surface area contributed by atoms with Crippen LogP contribution in [-0.2, 0) is 19.0 Å². The number of alkyl carbamates (subject to hydrolysis) is 1. The van der Waals surface area contributed by atoms with Crippen LogP contribution in [0.3, 0.4) is 0 Å². The Labute approximate surface area is 140 Å². The zero-order valence-corrected chi connectivity index (χ0v) is 14.7. The molecule has 1 aromatic carbocycles. The molecule has 0 aliphatic rings. The Kier molecular flexibility index (Phi) is 6.67. The summed E-state index contributed by atoms with van der Waals surface area (Å²) in [5, 5.41) is 2.07. The molecule has 6 nitrogen and oxygen atoms in total. The summed E-state index contributed by atoms with van der Waals surface area (Å²) in [6, 6.07) is 5.56. The maximum atomic E-state index is 13.0. The summed E-state index contributed by atoms with van der Waals surface area (Å²) >= 11 is 0. The van der Waals surface area contributed by atoms with Crippen molar-refractivity contribution in [1.82, 2.24) is 5.32 Å². The van der Waals surface area contributed by atoms with Gasteiger partial charge in [-0.05, 0) is 39.8 Å². The van der Waals surface area contributed by atoms with Gasteiger partial charge in [0.25, 0.3) is 16.5 Å². The number of benzene rings is 1. The summed E-state index contributed by atoms with van der Waals surface area (Å²) in [7, 11) is -4.38. The van der Waals surface area contributed by atoms with E-state index in [1.807, 2.05) is 0 Å². The number of alkyl halides is 2. The second kappa shape index (κ2) is 7.89. The van der Waals surface area contributed by atoms with Gasteiger partial charge in [0.1, 0.15) is 5.60 Å². The molecule has 0 aliphatic carbocycles. The fraction of sp³-hybridized carbons (Fsp3) is 0.533. The number of carbonyl (C=O) groups excluding carboxylic acids is 1. The van der Waals surface area contributed by atoms with E-state index in [2.05, 4.69) is 9.50 Å². The number of rotatable bonds is 6. The van der Waals surface area contributed by atoms with Crippen LogP contribution in [0.1, 0.15) is 26.3 Å². The van der Waals surface area contributed by atoms with Gasteiger partial charge in [0, 0.05) is 0 Å². The zero-order valence-electron chi connectivity index (χ0n) is 13.9. The maximum absolute atomic E-state index is 13.0. The molecule has 0 aliphatic heterocycles. The molecule has 1 unspecified atom stereocenters. The minimum absolute atomic E-state index is 0.240. The molecule has 0 bridgehead atoms. The Balaban J connectivity index is 2.75. The lowest BCUT2D eigenvalue weighted by molar-refractivity contribution is 0.0109. The molecule has 136 valence electrons. The summed E-state index contributed by atoms with van der Waals surface area (Å²) in [4.78, 5) is 11.2. The van der Waals surface area contributed by atoms with Gasteiger partial charge >= 0.3 is 6.09 Å². The van der Waals surface area contributed by atoms with Gasteiger partial charge in [-0.2, -0.15) is 8.42 Å². The summed E-state index contributed by atoms with van der Waals surface area (Å²) in [5.74, 6) is 0. The molecule has 1 aromatic rings. The Bertz CT molecular complexity index is 653. The van der Waals surface area contributed by atoms with E-state index in [-0.39, 0.29) is 4.90 Å². The van der Waals surface area contributed by atoms with E-state index < -0.39 is 40.9 Å². The third-order valence-corrected chi connectivity index (χ3v) is 4.04. The summed E-state index contributed by atoms with van der Waals surface area (Å²) < 4.78 is 59.6. The lowest BCUT2D eigenvalue weighted by Crippen LogP contribution is -2.41. The average molecular weight is 365 g/mol. The molecule has 0 saturated carbocycles. The number of nitrogens with one attached hydrogen (secondary N) is 1. The number of carbonyl (C=O) groups is 1. The zero-order chi connectivity index (χ0) is 18.5. The van der Waals surface area contributed by atoms with E-state index in [0.29, 0.717) is 0 Å². The quantitative estimate of drug-likeness (QED) is 0.784. The number of hydrogen-bond donors (Lipinski definition) is 1. The van der Waals surface area contributed by atoms with Crippen LogP contribution in [0.15, 0.2) is 29.2 Å². The standard InChI is InChI=1S/C15H21F2NO5S/c1-10-5-7-11(8-6-10)24(20,21)23-12(13(16)17)9-18-14(19)22-15(2,3)4/h5-8,12-13H,9H2,1-4H3,(H,18,19). The molecule has 0 fully saturated rings. The van der Waals surface area contributed by atoms with Crippen molar-refractivity contribution in [2.45, 2.75) is 50.7 Å². The Morgan fingerprint density at radius 1 is 1.21 bits per heavy atom. The first kappa shape index (κ1) is 20.3. The highest BCUT2D eigenvalue weighted by Crippen LogP contribution is 2.18. The number of ether oxygens (including phenoxy) is 1. The van der Waals surface area contributed by atoms with Crippen molar-refractivity contribution >= 4 is 16.2 Å². The number of halogens is 2. The number of aryl methyl sites for hydroxylation is 1. The van der Waals surface area contributed by atoms with Crippen molar-refractivity contribution in [2.24, 2.45) is 0 Å². The Morgan fingerprint density at radius 3 is 2.21 bits per heavy atom. The monoisotopic (exact) mass is 365 g/mol. The van der Waals surface area contributed by atoms with Gasteiger partial charge in [-0.1, -0.05) is 17.7 Å². The van der Waals surface area contributed by atoms with Crippen LogP contribution < -0.4 is 5.32 Å². The van der Waals surface area contributed by atoms with Crippen LogP contribution in [-0.4, -0.2) is 39.2 Å². The second-order valence-electron chi connectivity index (χ2n) is 6.12. The van der Waals surface area contributed by atoms with Crippen molar-refractivity contribution in [3.05, 3.63) is 29.8 Å². The van der Waals surface area contributed by atoms with Gasteiger partial charge < -0.3 is 10.1 Å². The average Bonchev–Trinajstić information content (AvgIpc) is 2.41. The normalized spacial score (nSPS) is 13.6. The molecule has 1 N–H and O–H groups in total. The van der Waals surface area contributed by atoms with Gasteiger partial charge in [0.05, 0.1) is 11.4 Å². The number of amides is 1. The summed E-state index contributed by atoms with van der Waals surface area (Å²) in [5.41, 5.74) is 0.00476. The molecule has 1 atom stereocenters. The predicted octanol–water partition coefficient (Wildman–Crippen LogP) is 2.86. The molecule has 0 saturated heterocycles. The molecule has 0 spiro atoms. The molecule has 1 amide bonds. The van der Waals surface area contributed by atoms with E-state index in [1.54, 1.807) is 27.7 Å². The lowest BCUT2D eigenvalue weighted by Gasteiger charge is -2.21. The van der Waals surface area contributed by atoms with Crippen LogP contribution in [0.2, 0.25) is 0 Å². The fourth-order valence-electron chi connectivity index (χ4n) is 1.59. The SMILES string of the molecule is Cc1ccc(S(=O)(=O)OC(CNC(=O)OC(C)(C)C)C(F)F)cc1. The van der Waals surface area contributed by atoms with E-state index >= 15 is 0 Å². The van der Waals surface area contributed by atoms with E-state index in [4.69, 9.17) is 4.74 Å². The first-order valence-corrected chi connectivity index (χ1v) is 8.56. The van der Waals surface area contributed by atoms with Crippen LogP contribution >= 0.6 is 0 Å². The van der Waals surface area contributed by atoms with Crippen molar-refractivity contribution in [1.29, 1.82) is 0 Å². The third-order valence-electron chi connectivity index (χ3n) is 2.69. The molecule has 1 rings (SSSR count). The first-order valence-electron chi connectivity index (χ1n) is 7.16. The third kappa shape index (κ3) is 6.79. The Morgan fingerprint density at radius 2 is 1.75 bits per heavy atom. The maximum Gasteiger partial charge on any atom is 0.407 e. The van der Waals surface area contributed by atoms with Crippen molar-refractivity contribution in [3.63, 3.8) is 0 Å². The largest absolute Gasteiger partial charge is 0.444 e. The summed E-state index contributed by atoms with van der Waals surface area (Å²) in [6.45, 7) is 5.86. The molecular formula is C15H21F2NO5S. The fourth-order valence-corrected chi connectivity index (χ4v) is 2.64. The minimum Gasteiger partial charge on any atom is -0.444 e. The molecule has 24 heavy (non-hydrogen) atoms. The predicted molar refractivity (Wildman–Crippen MR) is 83.5 cm³/mol. The van der Waals surface area contributed by atoms with Crippen LogP contribution in [0, 0.1) is 6.92 Å². The highest BCUT2D eigenvalue weighted by molar-refractivity contribution is 7.86. The minimum atomic E-state index is -4.38. The summed E-state index contributed by atoms with van der Waals surface area (Å²) in [6.07, 6.45) is -6.08. The molecule has 0 aromatic heterocycles. The lowest BCUT2D eigenvalue weighted by atomic mass is 10.2. The molecule has 9 heteroatoms. The van der Waals surface area contributed by atoms with Crippen molar-refractivity contribution in [3.8, 4) is 0 Å². The van der Waals surface area contributed by atoms with Gasteiger partial charge in [0.15, 0.2) is 6.10 Å². The van der Waals surface area contributed by atoms with Crippen molar-refractivity contribution < 1.29 is 30.9 Å². The number of hydrogen-bond acceptors (Lipinski definition) is 5. The van der Waals surface area contributed by atoms with Crippen LogP contribution in [0.25, 0.3) is 0 Å².